The van der Waals surface area contributed by atoms with Crippen LogP contribution in [0.4, 0.5) is 0 Å². The minimum Gasteiger partial charge on any atom is -0.298 e. The monoisotopic (exact) mass is 588 g/mol. The van der Waals surface area contributed by atoms with Crippen molar-refractivity contribution in [2.75, 3.05) is 0 Å². The maximum Gasteiger partial charge on any atom is 0.145 e. The smallest absolute Gasteiger partial charge is 0.145 e. The van der Waals surface area contributed by atoms with E-state index in [2.05, 4.69) is 51.3 Å². The Balaban J connectivity index is 0. The first kappa shape index (κ1) is 41.3. The van der Waals surface area contributed by atoms with Gasteiger partial charge < -0.3 is 0 Å². The van der Waals surface area contributed by atoms with E-state index in [1.54, 1.807) is 26.0 Å². The number of rotatable bonds is 16. The lowest BCUT2D eigenvalue weighted by Crippen LogP contribution is -1.73. The zero-order valence-electron chi connectivity index (χ0n) is 28.1. The van der Waals surface area contributed by atoms with Crippen molar-refractivity contribution in [2.45, 2.75) is 55.4 Å². The van der Waals surface area contributed by atoms with Gasteiger partial charge in [-0.25, -0.2) is 0 Å². The normalized spacial score (nSPS) is 15.3. The molecular weight excluding hydrogens is 536 g/mol. The second-order valence-corrected chi connectivity index (χ2v) is 10.1. The van der Waals surface area contributed by atoms with Crippen molar-refractivity contribution in [3.05, 3.63) is 191 Å². The average molecular weight is 589 g/mol. The van der Waals surface area contributed by atoms with Gasteiger partial charge in [-0.15, -0.1) is 0 Å². The molecule has 0 saturated heterocycles. The highest BCUT2D eigenvalue weighted by atomic mass is 16.1. The molecule has 0 aliphatic heterocycles. The van der Waals surface area contributed by atoms with Crippen LogP contribution in [0.1, 0.15) is 55.4 Å². The van der Waals surface area contributed by atoms with Crippen molar-refractivity contribution in [1.29, 1.82) is 0 Å². The number of hydrogen-bond acceptors (Lipinski definition) is 2. The van der Waals surface area contributed by atoms with E-state index in [4.69, 9.17) is 0 Å². The zero-order chi connectivity index (χ0) is 33.6. The van der Waals surface area contributed by atoms with Crippen LogP contribution in [0.5, 0.6) is 0 Å². The molecule has 0 atom stereocenters. The van der Waals surface area contributed by atoms with E-state index in [0.717, 1.165) is 34.9 Å². The number of aldehydes is 2. The van der Waals surface area contributed by atoms with Gasteiger partial charge >= 0.3 is 0 Å². The Kier molecular flexibility index (Phi) is 26.6. The molecule has 0 unspecified atom stereocenters. The number of hydrogen-bond donors (Lipinski definition) is 0. The second kappa shape index (κ2) is 28.3. The Morgan fingerprint density at radius 1 is 0.318 bits per heavy atom. The molecule has 0 amide bonds. The highest BCUT2D eigenvalue weighted by Gasteiger charge is 1.83. The molecule has 2 nitrogen and oxygen atoms in total. The molecular formula is C42H52O2. The Morgan fingerprint density at radius 2 is 0.523 bits per heavy atom. The van der Waals surface area contributed by atoms with E-state index in [1.807, 2.05) is 125 Å². The third-order valence-electron chi connectivity index (χ3n) is 5.55. The minimum atomic E-state index is 0.714. The van der Waals surface area contributed by atoms with Gasteiger partial charge in [0, 0.05) is 0 Å². The molecule has 0 aromatic heterocycles. The summed E-state index contributed by atoms with van der Waals surface area (Å²) in [7, 11) is 0. The fourth-order valence-corrected chi connectivity index (χ4v) is 2.67. The summed E-state index contributed by atoms with van der Waals surface area (Å²) in [6.45, 7) is 23.2. The van der Waals surface area contributed by atoms with Gasteiger partial charge in [0.2, 0.25) is 0 Å². The van der Waals surface area contributed by atoms with Crippen LogP contribution >= 0.6 is 0 Å². The van der Waals surface area contributed by atoms with E-state index in [9.17, 15) is 9.59 Å². The SMILES string of the molecule is C=C/C(C)=C/C=C/C(C)=C/C=C/C=C(C)/C=C/C=C(\C)C=O.C=C/C(C)=C/C=C/C(C)=C/C=C/C=C(C)/C=C/C=C(\C)C=O. The predicted molar refractivity (Wildman–Crippen MR) is 197 cm³/mol. The van der Waals surface area contributed by atoms with Gasteiger partial charge in [-0.05, 0) is 66.5 Å². The number of carbonyl (C=O) groups excluding carboxylic acids is 2. The third kappa shape index (κ3) is 28.7. The van der Waals surface area contributed by atoms with Crippen molar-refractivity contribution in [2.24, 2.45) is 0 Å². The Bertz CT molecular complexity index is 1150. The van der Waals surface area contributed by atoms with Gasteiger partial charge in [-0.3, -0.25) is 9.59 Å². The van der Waals surface area contributed by atoms with Gasteiger partial charge in [-0.1, -0.05) is 180 Å². The summed E-state index contributed by atoms with van der Waals surface area (Å²) in [6, 6.07) is 0. The van der Waals surface area contributed by atoms with Gasteiger partial charge in [0.05, 0.1) is 0 Å². The van der Waals surface area contributed by atoms with Gasteiger partial charge in [0.15, 0.2) is 0 Å². The summed E-state index contributed by atoms with van der Waals surface area (Å²) in [5, 5.41) is 0. The lowest BCUT2D eigenvalue weighted by Gasteiger charge is -1.89. The molecule has 0 saturated carbocycles. The molecule has 0 aliphatic carbocycles. The number of allylic oxidation sites excluding steroid dienone is 30. The van der Waals surface area contributed by atoms with Crippen LogP contribution in [0.2, 0.25) is 0 Å². The predicted octanol–water partition coefficient (Wildman–Crippen LogP) is 11.7. The van der Waals surface area contributed by atoms with Crippen LogP contribution in [0.25, 0.3) is 0 Å². The Hall–Kier alpha value is -4.82. The zero-order valence-corrected chi connectivity index (χ0v) is 28.1. The fourth-order valence-electron chi connectivity index (χ4n) is 2.67. The van der Waals surface area contributed by atoms with E-state index in [0.29, 0.717) is 11.1 Å². The third-order valence-corrected chi connectivity index (χ3v) is 5.55. The Morgan fingerprint density at radius 3 is 0.727 bits per heavy atom. The van der Waals surface area contributed by atoms with E-state index in [-0.39, 0.29) is 0 Å². The molecule has 0 fully saturated rings. The molecule has 0 radical (unpaired) electrons. The van der Waals surface area contributed by atoms with E-state index < -0.39 is 0 Å². The lowest BCUT2D eigenvalue weighted by atomic mass is 10.2. The van der Waals surface area contributed by atoms with Crippen molar-refractivity contribution in [3.63, 3.8) is 0 Å². The lowest BCUT2D eigenvalue weighted by molar-refractivity contribution is -0.105. The quantitative estimate of drug-likeness (QED) is 0.102. The molecule has 0 bridgehead atoms. The summed E-state index contributed by atoms with van der Waals surface area (Å²) >= 11 is 0. The molecule has 0 spiro atoms. The summed E-state index contributed by atoms with van der Waals surface area (Å²) in [5.74, 6) is 0. The summed E-state index contributed by atoms with van der Waals surface area (Å²) in [5.41, 5.74) is 8.31. The van der Waals surface area contributed by atoms with Gasteiger partial charge in [0.25, 0.3) is 0 Å². The summed E-state index contributed by atoms with van der Waals surface area (Å²) in [6.07, 6.45) is 45.0. The highest BCUT2D eigenvalue weighted by Crippen LogP contribution is 2.02. The van der Waals surface area contributed by atoms with Crippen molar-refractivity contribution >= 4 is 12.6 Å². The topological polar surface area (TPSA) is 34.1 Å². The Labute approximate surface area is 268 Å². The maximum atomic E-state index is 10.4. The van der Waals surface area contributed by atoms with Crippen LogP contribution in [0.3, 0.4) is 0 Å². The highest BCUT2D eigenvalue weighted by molar-refractivity contribution is 5.73. The molecule has 0 aromatic rings. The molecule has 44 heavy (non-hydrogen) atoms. The molecule has 2 heteroatoms. The average Bonchev–Trinajstić information content (AvgIpc) is 3.01. The first-order chi connectivity index (χ1) is 21.0. The standard InChI is InChI=1S/2C21H26O/c2*1-6-18(2)13-9-14-19(3)11-7-8-12-20(4)15-10-16-21(5)17-22/h2*6-17H,1H2,2-5H3/b2*8-7+,14-9+,15-10+,18-13+,19-11+,20-12+,21-16+. The maximum absolute atomic E-state index is 10.4. The van der Waals surface area contributed by atoms with Crippen molar-refractivity contribution in [1.82, 2.24) is 0 Å². The first-order valence-corrected chi connectivity index (χ1v) is 14.6. The largest absolute Gasteiger partial charge is 0.298 e. The van der Waals surface area contributed by atoms with Crippen LogP contribution in [0.15, 0.2) is 191 Å². The molecule has 0 N–H and O–H groups in total. The summed E-state index contributed by atoms with van der Waals surface area (Å²) < 4.78 is 0. The molecule has 0 aliphatic rings. The second-order valence-electron chi connectivity index (χ2n) is 10.1. The molecule has 0 heterocycles. The van der Waals surface area contributed by atoms with Gasteiger partial charge in [-0.2, -0.15) is 0 Å². The molecule has 232 valence electrons. The van der Waals surface area contributed by atoms with Crippen molar-refractivity contribution < 1.29 is 9.59 Å². The first-order valence-electron chi connectivity index (χ1n) is 14.6. The van der Waals surface area contributed by atoms with E-state index in [1.165, 1.54) is 11.1 Å². The van der Waals surface area contributed by atoms with Crippen molar-refractivity contribution in [3.8, 4) is 0 Å². The van der Waals surface area contributed by atoms with Crippen LogP contribution in [-0.4, -0.2) is 12.6 Å². The van der Waals surface area contributed by atoms with Crippen LogP contribution < -0.4 is 0 Å². The minimum absolute atomic E-state index is 0.714. The van der Waals surface area contributed by atoms with Crippen LogP contribution in [-0.2, 0) is 9.59 Å². The fraction of sp³-hybridized carbons (Fsp3) is 0.190. The van der Waals surface area contributed by atoms with Gasteiger partial charge in [0.1, 0.15) is 12.6 Å². The molecule has 0 aromatic carbocycles. The summed E-state index contributed by atoms with van der Waals surface area (Å²) in [4.78, 5) is 20.9. The van der Waals surface area contributed by atoms with E-state index >= 15 is 0 Å². The van der Waals surface area contributed by atoms with Crippen LogP contribution in [0, 0.1) is 0 Å². The molecule has 0 rings (SSSR count). The number of carbonyl (C=O) groups is 2.